The first kappa shape index (κ1) is 14.8. The first-order valence-electron chi connectivity index (χ1n) is 5.67. The zero-order valence-electron chi connectivity index (χ0n) is 10.9. The lowest BCUT2D eigenvalue weighted by molar-refractivity contribution is -0.383. The van der Waals surface area contributed by atoms with Gasteiger partial charge in [0.1, 0.15) is 5.69 Å². The lowest BCUT2D eigenvalue weighted by atomic mass is 10.1. The number of nitrogens with two attached hydrogens (primary N) is 1. The number of nitrogens with zero attached hydrogens (tertiary/aromatic N) is 2. The molecule has 1 unspecified atom stereocenters. The van der Waals surface area contributed by atoms with E-state index in [0.717, 1.165) is 17.9 Å². The summed E-state index contributed by atoms with van der Waals surface area (Å²) < 4.78 is 0. The molecule has 18 heavy (non-hydrogen) atoms. The average Bonchev–Trinajstić information content (AvgIpc) is 2.28. The van der Waals surface area contributed by atoms with Crippen molar-refractivity contribution in [1.82, 2.24) is 4.90 Å². The molecule has 0 aliphatic rings. The molecule has 0 amide bonds. The summed E-state index contributed by atoms with van der Waals surface area (Å²) in [6, 6.07) is 5.37. The largest absolute Gasteiger partial charge is 0.393 e. The molecule has 0 saturated carbocycles. The van der Waals surface area contributed by atoms with Crippen molar-refractivity contribution in [2.45, 2.75) is 19.5 Å². The van der Waals surface area contributed by atoms with Gasteiger partial charge >= 0.3 is 0 Å². The number of rotatable bonds is 6. The maximum Gasteiger partial charge on any atom is 0.292 e. The van der Waals surface area contributed by atoms with Crippen molar-refractivity contribution in [2.75, 3.05) is 24.8 Å². The third-order valence-electron chi connectivity index (χ3n) is 2.88. The molecule has 2 N–H and O–H groups in total. The highest BCUT2D eigenvalue weighted by Crippen LogP contribution is 2.23. The van der Waals surface area contributed by atoms with Crippen LogP contribution in [0.4, 0.5) is 11.4 Å². The number of anilines is 1. The van der Waals surface area contributed by atoms with Gasteiger partial charge in [0.25, 0.3) is 5.69 Å². The van der Waals surface area contributed by atoms with Crippen molar-refractivity contribution >= 4 is 23.1 Å². The molecule has 100 valence electrons. The fraction of sp³-hybridized carbons (Fsp3) is 0.500. The molecule has 0 aromatic heterocycles. The van der Waals surface area contributed by atoms with Crippen LogP contribution in [0.15, 0.2) is 18.2 Å². The van der Waals surface area contributed by atoms with Gasteiger partial charge < -0.3 is 5.73 Å². The molecular formula is C12H19N3O2S. The summed E-state index contributed by atoms with van der Waals surface area (Å²) in [5.74, 6) is 1.05. The van der Waals surface area contributed by atoms with Gasteiger partial charge in [-0.15, -0.1) is 0 Å². The highest BCUT2D eigenvalue weighted by atomic mass is 32.2. The van der Waals surface area contributed by atoms with Crippen LogP contribution in [0.2, 0.25) is 0 Å². The number of nitro benzene ring substituents is 1. The molecule has 0 bridgehead atoms. The highest BCUT2D eigenvalue weighted by Gasteiger charge is 2.13. The number of thioether (sulfide) groups is 1. The molecule has 0 spiro atoms. The Morgan fingerprint density at radius 1 is 1.56 bits per heavy atom. The second-order valence-corrected chi connectivity index (χ2v) is 5.28. The summed E-state index contributed by atoms with van der Waals surface area (Å²) in [7, 11) is 2.04. The molecule has 1 rings (SSSR count). The zero-order valence-corrected chi connectivity index (χ0v) is 11.7. The quantitative estimate of drug-likeness (QED) is 0.487. The average molecular weight is 269 g/mol. The highest BCUT2D eigenvalue weighted by molar-refractivity contribution is 7.98. The van der Waals surface area contributed by atoms with E-state index in [2.05, 4.69) is 18.1 Å². The van der Waals surface area contributed by atoms with Crippen molar-refractivity contribution in [3.8, 4) is 0 Å². The van der Waals surface area contributed by atoms with Crippen LogP contribution in [0.5, 0.6) is 0 Å². The van der Waals surface area contributed by atoms with E-state index in [9.17, 15) is 10.1 Å². The van der Waals surface area contributed by atoms with Gasteiger partial charge in [-0.1, -0.05) is 6.07 Å². The van der Waals surface area contributed by atoms with Crippen molar-refractivity contribution in [2.24, 2.45) is 0 Å². The van der Waals surface area contributed by atoms with Gasteiger partial charge in [-0.25, -0.2) is 0 Å². The van der Waals surface area contributed by atoms with Crippen molar-refractivity contribution < 1.29 is 4.92 Å². The van der Waals surface area contributed by atoms with Crippen LogP contribution in [-0.2, 0) is 6.54 Å². The Balaban J connectivity index is 2.74. The van der Waals surface area contributed by atoms with Crippen LogP contribution in [0.3, 0.4) is 0 Å². The molecule has 0 fully saturated rings. The maximum atomic E-state index is 10.7. The van der Waals surface area contributed by atoms with E-state index < -0.39 is 4.92 Å². The summed E-state index contributed by atoms with van der Waals surface area (Å²) in [5, 5.41) is 10.7. The van der Waals surface area contributed by atoms with E-state index in [-0.39, 0.29) is 11.4 Å². The molecule has 5 nitrogen and oxygen atoms in total. The second kappa shape index (κ2) is 6.61. The van der Waals surface area contributed by atoms with Crippen molar-refractivity contribution in [3.05, 3.63) is 33.9 Å². The first-order chi connectivity index (χ1) is 8.45. The maximum absolute atomic E-state index is 10.7. The van der Waals surface area contributed by atoms with Gasteiger partial charge in [0, 0.05) is 24.4 Å². The molecule has 0 heterocycles. The number of hydrogen-bond acceptors (Lipinski definition) is 5. The predicted molar refractivity (Wildman–Crippen MR) is 76.8 cm³/mol. The minimum absolute atomic E-state index is 0.0291. The Morgan fingerprint density at radius 3 is 2.72 bits per heavy atom. The van der Waals surface area contributed by atoms with Gasteiger partial charge in [-0.2, -0.15) is 11.8 Å². The molecule has 1 atom stereocenters. The summed E-state index contributed by atoms with van der Waals surface area (Å²) >= 11 is 1.80. The second-order valence-electron chi connectivity index (χ2n) is 4.37. The SMILES string of the molecule is CSCC(C)N(C)Cc1ccc([N+](=O)[O-])c(N)c1. The lowest BCUT2D eigenvalue weighted by Gasteiger charge is -2.24. The molecule has 6 heteroatoms. The summed E-state index contributed by atoms with van der Waals surface area (Å²) in [6.45, 7) is 2.90. The Bertz CT molecular complexity index is 426. The lowest BCUT2D eigenvalue weighted by Crippen LogP contribution is -2.30. The molecule has 1 aromatic rings. The summed E-state index contributed by atoms with van der Waals surface area (Å²) in [6.07, 6.45) is 2.08. The summed E-state index contributed by atoms with van der Waals surface area (Å²) in [5.41, 5.74) is 6.86. The molecule has 0 radical (unpaired) electrons. The normalized spacial score (nSPS) is 12.7. The standard InChI is InChI=1S/C12H19N3O2S/c1-9(8-18-3)14(2)7-10-4-5-12(15(16)17)11(13)6-10/h4-6,9H,7-8,13H2,1-3H3. The van der Waals surface area contributed by atoms with E-state index in [4.69, 9.17) is 5.73 Å². The third kappa shape index (κ3) is 3.89. The fourth-order valence-corrected chi connectivity index (χ4v) is 2.42. The summed E-state index contributed by atoms with van der Waals surface area (Å²) in [4.78, 5) is 12.4. The monoisotopic (exact) mass is 269 g/mol. The van der Waals surface area contributed by atoms with E-state index in [1.165, 1.54) is 6.07 Å². The van der Waals surface area contributed by atoms with E-state index >= 15 is 0 Å². The van der Waals surface area contributed by atoms with Gasteiger partial charge in [0.05, 0.1) is 4.92 Å². The number of nitrogen functional groups attached to an aromatic ring is 1. The molecular weight excluding hydrogens is 250 g/mol. The smallest absolute Gasteiger partial charge is 0.292 e. The van der Waals surface area contributed by atoms with E-state index in [0.29, 0.717) is 6.04 Å². The Kier molecular flexibility index (Phi) is 5.43. The third-order valence-corrected chi connectivity index (χ3v) is 3.70. The molecule has 1 aromatic carbocycles. The first-order valence-corrected chi connectivity index (χ1v) is 7.07. The van der Waals surface area contributed by atoms with Crippen molar-refractivity contribution in [1.29, 1.82) is 0 Å². The Hall–Kier alpha value is -1.27. The Labute approximate surface area is 111 Å². The number of nitro groups is 1. The topological polar surface area (TPSA) is 72.4 Å². The van der Waals surface area contributed by atoms with Gasteiger partial charge in [0.2, 0.25) is 0 Å². The van der Waals surface area contributed by atoms with Gasteiger partial charge in [-0.3, -0.25) is 15.0 Å². The molecule has 0 saturated heterocycles. The van der Waals surface area contributed by atoms with Crippen LogP contribution in [0.1, 0.15) is 12.5 Å². The van der Waals surface area contributed by atoms with Crippen LogP contribution in [0.25, 0.3) is 0 Å². The number of benzene rings is 1. The van der Waals surface area contributed by atoms with Crippen LogP contribution < -0.4 is 5.73 Å². The molecule has 0 aliphatic heterocycles. The number of hydrogen-bond donors (Lipinski definition) is 1. The van der Waals surface area contributed by atoms with Gasteiger partial charge in [-0.05, 0) is 31.9 Å². The van der Waals surface area contributed by atoms with E-state index in [1.807, 2.05) is 7.05 Å². The molecule has 0 aliphatic carbocycles. The van der Waals surface area contributed by atoms with Crippen molar-refractivity contribution in [3.63, 3.8) is 0 Å². The van der Waals surface area contributed by atoms with Crippen LogP contribution >= 0.6 is 11.8 Å². The minimum Gasteiger partial charge on any atom is -0.393 e. The van der Waals surface area contributed by atoms with E-state index in [1.54, 1.807) is 23.9 Å². The zero-order chi connectivity index (χ0) is 13.7. The predicted octanol–water partition coefficient (Wildman–Crippen LogP) is 2.36. The Morgan fingerprint density at radius 2 is 2.22 bits per heavy atom. The minimum atomic E-state index is -0.459. The van der Waals surface area contributed by atoms with Crippen LogP contribution in [0, 0.1) is 10.1 Å². The van der Waals surface area contributed by atoms with Gasteiger partial charge in [0.15, 0.2) is 0 Å². The van der Waals surface area contributed by atoms with Crippen LogP contribution in [-0.4, -0.2) is 34.9 Å². The fourth-order valence-electron chi connectivity index (χ4n) is 1.68.